The topological polar surface area (TPSA) is 62.4 Å². The van der Waals surface area contributed by atoms with E-state index in [-0.39, 0.29) is 0 Å². The summed E-state index contributed by atoms with van der Waals surface area (Å²) in [6, 6.07) is 3.07. The molecule has 1 aliphatic rings. The molecule has 1 aromatic heterocycles. The van der Waals surface area contributed by atoms with Crippen LogP contribution in [0.5, 0.6) is 0 Å². The van der Waals surface area contributed by atoms with E-state index < -0.39 is 24.9 Å². The van der Waals surface area contributed by atoms with Crippen LogP contribution in [0, 0.1) is 0 Å². The Kier molecular flexibility index (Phi) is 2.23. The number of alkyl halides is 3. The second-order valence-electron chi connectivity index (χ2n) is 3.84. The van der Waals surface area contributed by atoms with Gasteiger partial charge in [-0.2, -0.15) is 13.2 Å². The van der Waals surface area contributed by atoms with Gasteiger partial charge in [-0.3, -0.25) is 0 Å². The van der Waals surface area contributed by atoms with Crippen LogP contribution in [0.15, 0.2) is 18.3 Å². The van der Waals surface area contributed by atoms with Crippen molar-refractivity contribution in [2.75, 3.05) is 23.7 Å². The fourth-order valence-electron chi connectivity index (χ4n) is 1.51. The highest BCUT2D eigenvalue weighted by atomic mass is 19.4. The molecule has 1 aromatic rings. The van der Waals surface area contributed by atoms with E-state index in [1.165, 1.54) is 17.2 Å². The second kappa shape index (κ2) is 3.24. The van der Waals surface area contributed by atoms with Crippen molar-refractivity contribution in [1.29, 1.82) is 0 Å². The Morgan fingerprint density at radius 2 is 2.00 bits per heavy atom. The summed E-state index contributed by atoms with van der Waals surface area (Å²) < 4.78 is 37.0. The number of nitrogen functional groups attached to an aromatic ring is 1. The maximum Gasteiger partial charge on any atom is 0.420 e. The quantitative estimate of drug-likeness (QED) is 0.752. The Balaban J connectivity index is 2.06. The zero-order chi connectivity index (χ0) is 12.0. The van der Waals surface area contributed by atoms with E-state index in [9.17, 15) is 18.3 Å². The molecule has 0 spiro atoms. The third-order valence-electron chi connectivity index (χ3n) is 2.53. The zero-order valence-electron chi connectivity index (χ0n) is 8.20. The molecule has 0 aliphatic carbocycles. The number of β-amino-alcohol motifs (C(OH)–C–C–N with tert-alkyl or cyclic N) is 1. The van der Waals surface area contributed by atoms with Crippen LogP contribution in [0.25, 0.3) is 0 Å². The Morgan fingerprint density at radius 1 is 1.38 bits per heavy atom. The molecule has 1 aliphatic heterocycles. The summed E-state index contributed by atoms with van der Waals surface area (Å²) in [6.07, 6.45) is -3.24. The first kappa shape index (κ1) is 11.0. The van der Waals surface area contributed by atoms with Crippen molar-refractivity contribution in [3.63, 3.8) is 0 Å². The first-order valence-corrected chi connectivity index (χ1v) is 4.57. The average Bonchev–Trinajstić information content (AvgIpc) is 2.13. The maximum absolute atomic E-state index is 12.3. The molecule has 2 rings (SSSR count). The maximum atomic E-state index is 12.3. The van der Waals surface area contributed by atoms with Gasteiger partial charge in [0.2, 0.25) is 0 Å². The third-order valence-corrected chi connectivity index (χ3v) is 2.53. The zero-order valence-corrected chi connectivity index (χ0v) is 8.20. The van der Waals surface area contributed by atoms with E-state index in [0.717, 1.165) is 0 Å². The van der Waals surface area contributed by atoms with E-state index in [0.29, 0.717) is 11.5 Å². The number of halogens is 3. The lowest BCUT2D eigenvalue weighted by molar-refractivity contribution is -0.267. The van der Waals surface area contributed by atoms with Gasteiger partial charge in [0.15, 0.2) is 5.60 Å². The number of anilines is 2. The summed E-state index contributed by atoms with van der Waals surface area (Å²) in [4.78, 5) is 5.21. The molecule has 0 unspecified atom stereocenters. The Labute approximate surface area is 89.5 Å². The van der Waals surface area contributed by atoms with Crippen LogP contribution in [0.1, 0.15) is 0 Å². The van der Waals surface area contributed by atoms with Crippen LogP contribution < -0.4 is 10.6 Å². The van der Waals surface area contributed by atoms with E-state index in [2.05, 4.69) is 4.98 Å². The molecule has 0 saturated carbocycles. The monoisotopic (exact) mass is 233 g/mol. The van der Waals surface area contributed by atoms with Crippen LogP contribution in [0.3, 0.4) is 0 Å². The fourth-order valence-corrected chi connectivity index (χ4v) is 1.51. The van der Waals surface area contributed by atoms with Crippen LogP contribution in [-0.4, -0.2) is 35.0 Å². The van der Waals surface area contributed by atoms with Crippen molar-refractivity contribution in [2.45, 2.75) is 11.8 Å². The SMILES string of the molecule is Nc1ccc(N2CC(O)(C(F)(F)F)C2)nc1. The summed E-state index contributed by atoms with van der Waals surface area (Å²) in [5.41, 5.74) is 3.22. The highest BCUT2D eigenvalue weighted by molar-refractivity contribution is 5.49. The van der Waals surface area contributed by atoms with Gasteiger partial charge in [-0.05, 0) is 12.1 Å². The lowest BCUT2D eigenvalue weighted by Gasteiger charge is -2.47. The van der Waals surface area contributed by atoms with Gasteiger partial charge in [-0.1, -0.05) is 0 Å². The molecule has 4 nitrogen and oxygen atoms in total. The van der Waals surface area contributed by atoms with Gasteiger partial charge in [0, 0.05) is 0 Å². The molecule has 88 valence electrons. The van der Waals surface area contributed by atoms with Crippen molar-refractivity contribution in [3.05, 3.63) is 18.3 Å². The van der Waals surface area contributed by atoms with Gasteiger partial charge in [-0.15, -0.1) is 0 Å². The van der Waals surface area contributed by atoms with Crippen LogP contribution >= 0.6 is 0 Å². The Bertz CT molecular complexity index is 384. The average molecular weight is 233 g/mol. The first-order valence-electron chi connectivity index (χ1n) is 4.57. The number of nitrogens with zero attached hydrogens (tertiary/aromatic N) is 2. The molecular formula is C9H10F3N3O. The van der Waals surface area contributed by atoms with Crippen molar-refractivity contribution < 1.29 is 18.3 Å². The molecule has 1 fully saturated rings. The van der Waals surface area contributed by atoms with Crippen molar-refractivity contribution >= 4 is 11.5 Å². The van der Waals surface area contributed by atoms with E-state index >= 15 is 0 Å². The molecule has 2 heterocycles. The summed E-state index contributed by atoms with van der Waals surface area (Å²) in [5.74, 6) is 0.378. The molecular weight excluding hydrogens is 223 g/mol. The summed E-state index contributed by atoms with van der Waals surface area (Å²) in [5, 5.41) is 9.21. The second-order valence-corrected chi connectivity index (χ2v) is 3.84. The van der Waals surface area contributed by atoms with Crippen LogP contribution in [-0.2, 0) is 0 Å². The normalized spacial score (nSPS) is 19.4. The van der Waals surface area contributed by atoms with Crippen molar-refractivity contribution in [2.24, 2.45) is 0 Å². The summed E-state index contributed by atoms with van der Waals surface area (Å²) >= 11 is 0. The smallest absolute Gasteiger partial charge is 0.397 e. The van der Waals surface area contributed by atoms with Gasteiger partial charge >= 0.3 is 6.18 Å². The molecule has 0 bridgehead atoms. The van der Waals surface area contributed by atoms with Gasteiger partial charge in [-0.25, -0.2) is 4.98 Å². The van der Waals surface area contributed by atoms with Crippen LogP contribution in [0.4, 0.5) is 24.7 Å². The van der Waals surface area contributed by atoms with E-state index in [4.69, 9.17) is 5.73 Å². The van der Waals surface area contributed by atoms with Gasteiger partial charge in [0.25, 0.3) is 0 Å². The minimum absolute atomic E-state index is 0.378. The van der Waals surface area contributed by atoms with E-state index in [1.54, 1.807) is 6.07 Å². The third kappa shape index (κ3) is 1.67. The molecule has 0 aromatic carbocycles. The minimum atomic E-state index is -4.60. The lowest BCUT2D eigenvalue weighted by Crippen LogP contribution is -2.69. The molecule has 7 heteroatoms. The number of pyridine rings is 1. The predicted octanol–water partition coefficient (Wildman–Crippen LogP) is 0.777. The predicted molar refractivity (Wildman–Crippen MR) is 51.9 cm³/mol. The summed E-state index contributed by atoms with van der Waals surface area (Å²) in [7, 11) is 0. The molecule has 0 atom stereocenters. The number of rotatable bonds is 1. The molecule has 16 heavy (non-hydrogen) atoms. The largest absolute Gasteiger partial charge is 0.420 e. The lowest BCUT2D eigenvalue weighted by atomic mass is 9.93. The standard InChI is InChI=1S/C9H10F3N3O/c10-9(11,12)8(16)4-15(5-8)7-2-1-6(13)3-14-7/h1-3,16H,4-5,13H2. The number of nitrogens with two attached hydrogens (primary N) is 1. The molecule has 3 N–H and O–H groups in total. The minimum Gasteiger partial charge on any atom is -0.397 e. The number of hydrogen-bond donors (Lipinski definition) is 2. The number of hydrogen-bond acceptors (Lipinski definition) is 4. The molecule has 1 saturated heterocycles. The highest BCUT2D eigenvalue weighted by Crippen LogP contribution is 2.39. The number of aromatic nitrogens is 1. The Morgan fingerprint density at radius 3 is 2.44 bits per heavy atom. The van der Waals surface area contributed by atoms with Crippen molar-refractivity contribution in [3.8, 4) is 0 Å². The van der Waals surface area contributed by atoms with E-state index in [1.807, 2.05) is 0 Å². The molecule has 0 radical (unpaired) electrons. The van der Waals surface area contributed by atoms with Crippen LogP contribution in [0.2, 0.25) is 0 Å². The molecule has 0 amide bonds. The fraction of sp³-hybridized carbons (Fsp3) is 0.444. The highest BCUT2D eigenvalue weighted by Gasteiger charge is 2.61. The number of aliphatic hydroxyl groups is 1. The van der Waals surface area contributed by atoms with Crippen molar-refractivity contribution in [1.82, 2.24) is 4.98 Å². The van der Waals surface area contributed by atoms with Gasteiger partial charge < -0.3 is 15.7 Å². The van der Waals surface area contributed by atoms with Gasteiger partial charge in [0.05, 0.1) is 25.0 Å². The Hall–Kier alpha value is -1.50. The summed E-state index contributed by atoms with van der Waals surface area (Å²) in [6.45, 7) is -0.985. The first-order chi connectivity index (χ1) is 7.32. The van der Waals surface area contributed by atoms with Gasteiger partial charge in [0.1, 0.15) is 5.82 Å².